The molecule has 0 saturated heterocycles. The molecule has 3 N–H and O–H groups in total. The molecule has 0 amide bonds. The van der Waals surface area contributed by atoms with Crippen molar-refractivity contribution in [2.75, 3.05) is 12.3 Å². The van der Waals surface area contributed by atoms with Gasteiger partial charge in [-0.15, -0.1) is 0 Å². The molecule has 0 spiro atoms. The van der Waals surface area contributed by atoms with Crippen LogP contribution in [-0.2, 0) is 0 Å². The SMILES string of the molecule is CCCNC(c1cc(C)cnc1N)c1ncccc1Br. The third kappa shape index (κ3) is 3.35. The summed E-state index contributed by atoms with van der Waals surface area (Å²) in [7, 11) is 0. The molecule has 0 saturated carbocycles. The van der Waals surface area contributed by atoms with Crippen molar-refractivity contribution < 1.29 is 0 Å². The fourth-order valence-electron chi connectivity index (χ4n) is 2.09. The molecule has 1 unspecified atom stereocenters. The molecule has 2 heterocycles. The van der Waals surface area contributed by atoms with Gasteiger partial charge in [-0.1, -0.05) is 6.92 Å². The van der Waals surface area contributed by atoms with Crippen molar-refractivity contribution in [3.63, 3.8) is 0 Å². The third-order valence-electron chi connectivity index (χ3n) is 3.06. The van der Waals surface area contributed by atoms with Crippen molar-refractivity contribution in [2.45, 2.75) is 26.3 Å². The van der Waals surface area contributed by atoms with Crippen LogP contribution >= 0.6 is 15.9 Å². The normalized spacial score (nSPS) is 12.3. The van der Waals surface area contributed by atoms with Crippen molar-refractivity contribution in [3.8, 4) is 0 Å². The molecular weight excluding hydrogens is 316 g/mol. The number of aromatic nitrogens is 2. The highest BCUT2D eigenvalue weighted by atomic mass is 79.9. The van der Waals surface area contributed by atoms with Gasteiger partial charge in [0.25, 0.3) is 0 Å². The van der Waals surface area contributed by atoms with Crippen molar-refractivity contribution in [3.05, 3.63) is 51.9 Å². The number of hydrogen-bond acceptors (Lipinski definition) is 4. The van der Waals surface area contributed by atoms with Crippen LogP contribution in [0, 0.1) is 6.92 Å². The molecule has 0 aliphatic carbocycles. The van der Waals surface area contributed by atoms with E-state index in [0.717, 1.165) is 34.3 Å². The maximum atomic E-state index is 6.06. The molecule has 0 bridgehead atoms. The predicted octanol–water partition coefficient (Wildman–Crippen LogP) is 3.22. The number of nitrogens with zero attached hydrogens (tertiary/aromatic N) is 2. The monoisotopic (exact) mass is 334 g/mol. The fourth-order valence-corrected chi connectivity index (χ4v) is 2.57. The van der Waals surface area contributed by atoms with Gasteiger partial charge >= 0.3 is 0 Å². The van der Waals surface area contributed by atoms with E-state index in [1.807, 2.05) is 19.1 Å². The number of pyridine rings is 2. The summed E-state index contributed by atoms with van der Waals surface area (Å²) in [6, 6.07) is 5.90. The fraction of sp³-hybridized carbons (Fsp3) is 0.333. The Morgan fingerprint density at radius 1 is 1.40 bits per heavy atom. The summed E-state index contributed by atoms with van der Waals surface area (Å²) in [4.78, 5) is 8.74. The Bertz CT molecular complexity index is 586. The highest BCUT2D eigenvalue weighted by molar-refractivity contribution is 9.10. The molecule has 2 rings (SSSR count). The second kappa shape index (κ2) is 6.81. The minimum atomic E-state index is -0.0575. The number of nitrogens with one attached hydrogen (secondary N) is 1. The van der Waals surface area contributed by atoms with Gasteiger partial charge in [0.15, 0.2) is 0 Å². The minimum absolute atomic E-state index is 0.0575. The number of nitrogens with two attached hydrogens (primary N) is 1. The first-order chi connectivity index (χ1) is 9.63. The number of nitrogen functional groups attached to an aromatic ring is 1. The average Bonchev–Trinajstić information content (AvgIpc) is 2.44. The molecule has 0 radical (unpaired) electrons. The number of halogens is 1. The quantitative estimate of drug-likeness (QED) is 0.881. The Labute approximate surface area is 128 Å². The molecule has 5 heteroatoms. The standard InChI is InChI=1S/C15H19BrN4/c1-3-6-18-13(14-12(16)5-4-7-19-14)11-8-10(2)9-20-15(11)17/h4-5,7-9,13,18H,3,6H2,1-2H3,(H2,17,20). The zero-order valence-corrected chi connectivity index (χ0v) is 13.3. The van der Waals surface area contributed by atoms with Gasteiger partial charge in [-0.05, 0) is 59.6 Å². The lowest BCUT2D eigenvalue weighted by molar-refractivity contribution is 0.584. The smallest absolute Gasteiger partial charge is 0.128 e. The van der Waals surface area contributed by atoms with Crippen LogP contribution in [0.4, 0.5) is 5.82 Å². The molecule has 2 aromatic heterocycles. The molecule has 0 aliphatic rings. The Kier molecular flexibility index (Phi) is 5.09. The van der Waals surface area contributed by atoms with Crippen LogP contribution in [0.15, 0.2) is 35.1 Å². The van der Waals surface area contributed by atoms with Gasteiger partial charge in [-0.3, -0.25) is 4.98 Å². The minimum Gasteiger partial charge on any atom is -0.383 e. The second-order valence-corrected chi connectivity index (χ2v) is 5.60. The van der Waals surface area contributed by atoms with Gasteiger partial charge in [0, 0.05) is 22.4 Å². The van der Waals surface area contributed by atoms with Gasteiger partial charge < -0.3 is 11.1 Å². The van der Waals surface area contributed by atoms with Gasteiger partial charge in [0.1, 0.15) is 5.82 Å². The Hall–Kier alpha value is -1.46. The van der Waals surface area contributed by atoms with Gasteiger partial charge in [-0.25, -0.2) is 4.98 Å². The number of anilines is 1. The molecule has 20 heavy (non-hydrogen) atoms. The van der Waals surface area contributed by atoms with E-state index in [-0.39, 0.29) is 6.04 Å². The third-order valence-corrected chi connectivity index (χ3v) is 3.73. The summed E-state index contributed by atoms with van der Waals surface area (Å²) in [5.41, 5.74) is 9.04. The predicted molar refractivity (Wildman–Crippen MR) is 85.5 cm³/mol. The van der Waals surface area contributed by atoms with Crippen molar-refractivity contribution in [2.24, 2.45) is 0 Å². The first kappa shape index (κ1) is 14.9. The Morgan fingerprint density at radius 2 is 2.20 bits per heavy atom. The van der Waals surface area contributed by atoms with Crippen molar-refractivity contribution in [1.82, 2.24) is 15.3 Å². The summed E-state index contributed by atoms with van der Waals surface area (Å²) in [6.45, 7) is 5.04. The van der Waals surface area contributed by atoms with Crippen LogP contribution in [-0.4, -0.2) is 16.5 Å². The van der Waals surface area contributed by atoms with E-state index in [1.54, 1.807) is 12.4 Å². The van der Waals surface area contributed by atoms with Crippen LogP contribution in [0.1, 0.15) is 36.2 Å². The van der Waals surface area contributed by atoms with Gasteiger partial charge in [-0.2, -0.15) is 0 Å². The van der Waals surface area contributed by atoms with Crippen LogP contribution in [0.3, 0.4) is 0 Å². The summed E-state index contributed by atoms with van der Waals surface area (Å²) >= 11 is 3.57. The van der Waals surface area contributed by atoms with E-state index in [4.69, 9.17) is 5.73 Å². The van der Waals surface area contributed by atoms with Crippen LogP contribution < -0.4 is 11.1 Å². The molecule has 0 fully saturated rings. The first-order valence-corrected chi connectivity index (χ1v) is 7.48. The van der Waals surface area contributed by atoms with Gasteiger partial charge in [0.05, 0.1) is 11.7 Å². The number of aryl methyl sites for hydroxylation is 1. The van der Waals surface area contributed by atoms with E-state index in [0.29, 0.717) is 5.82 Å². The van der Waals surface area contributed by atoms with E-state index in [2.05, 4.69) is 44.2 Å². The van der Waals surface area contributed by atoms with Crippen molar-refractivity contribution in [1.29, 1.82) is 0 Å². The molecule has 0 aliphatic heterocycles. The number of hydrogen-bond donors (Lipinski definition) is 2. The summed E-state index contributed by atoms with van der Waals surface area (Å²) in [5.74, 6) is 0.543. The van der Waals surface area contributed by atoms with Crippen LogP contribution in [0.25, 0.3) is 0 Å². The molecule has 0 aromatic carbocycles. The zero-order valence-electron chi connectivity index (χ0n) is 11.7. The molecule has 106 valence electrons. The maximum Gasteiger partial charge on any atom is 0.128 e. The lowest BCUT2D eigenvalue weighted by Gasteiger charge is -2.21. The summed E-state index contributed by atoms with van der Waals surface area (Å²) < 4.78 is 0.967. The largest absolute Gasteiger partial charge is 0.383 e. The highest BCUT2D eigenvalue weighted by Crippen LogP contribution is 2.29. The maximum absolute atomic E-state index is 6.06. The lowest BCUT2D eigenvalue weighted by atomic mass is 10.0. The van der Waals surface area contributed by atoms with E-state index >= 15 is 0 Å². The van der Waals surface area contributed by atoms with E-state index < -0.39 is 0 Å². The van der Waals surface area contributed by atoms with Crippen LogP contribution in [0.2, 0.25) is 0 Å². The topological polar surface area (TPSA) is 63.8 Å². The molecule has 2 aromatic rings. The van der Waals surface area contributed by atoms with E-state index in [1.165, 1.54) is 0 Å². The zero-order chi connectivity index (χ0) is 14.5. The Balaban J connectivity index is 2.47. The average molecular weight is 335 g/mol. The van der Waals surface area contributed by atoms with E-state index in [9.17, 15) is 0 Å². The molecule has 1 atom stereocenters. The highest BCUT2D eigenvalue weighted by Gasteiger charge is 2.20. The molecular formula is C15H19BrN4. The molecule has 4 nitrogen and oxygen atoms in total. The second-order valence-electron chi connectivity index (χ2n) is 4.74. The first-order valence-electron chi connectivity index (χ1n) is 6.69. The lowest BCUT2D eigenvalue weighted by Crippen LogP contribution is -2.25. The van der Waals surface area contributed by atoms with Crippen LogP contribution in [0.5, 0.6) is 0 Å². The summed E-state index contributed by atoms with van der Waals surface area (Å²) in [6.07, 6.45) is 4.61. The summed E-state index contributed by atoms with van der Waals surface area (Å²) in [5, 5.41) is 3.50. The van der Waals surface area contributed by atoms with Crippen molar-refractivity contribution >= 4 is 21.7 Å². The Morgan fingerprint density at radius 3 is 2.90 bits per heavy atom. The van der Waals surface area contributed by atoms with Gasteiger partial charge in [0.2, 0.25) is 0 Å². The number of rotatable bonds is 5.